The van der Waals surface area contributed by atoms with Crippen molar-refractivity contribution in [3.8, 4) is 11.5 Å². The Balaban J connectivity index is 1.80. The van der Waals surface area contributed by atoms with Crippen molar-refractivity contribution in [2.24, 2.45) is 0 Å². The molecule has 0 amide bonds. The minimum absolute atomic E-state index is 0.600. The molecule has 2 aromatic carbocycles. The Morgan fingerprint density at radius 1 is 0.788 bits per heavy atom. The van der Waals surface area contributed by atoms with E-state index in [9.17, 15) is 0 Å². The van der Waals surface area contributed by atoms with E-state index in [-0.39, 0.29) is 0 Å². The lowest BCUT2D eigenvalue weighted by Gasteiger charge is -2.11. The molecule has 33 heavy (non-hydrogen) atoms. The zero-order valence-electron chi connectivity index (χ0n) is 20.6. The summed E-state index contributed by atoms with van der Waals surface area (Å²) < 4.78 is 22.2. The SMILES string of the molecule is C=C(C)/C=C(\C)C/C(=C\CCOCc1ccc(OC)cc1)CCOCc1ccc(OC)cc1. The maximum Gasteiger partial charge on any atom is 0.118 e. The predicted octanol–water partition coefficient (Wildman–Crippen LogP) is 7.06. The molecule has 0 heterocycles. The molecule has 178 valence electrons. The standard InChI is InChI=1S/C29H38O4/c1-23(2)19-24(3)20-25(16-18-33-22-27-10-14-29(31-5)15-11-27)7-6-17-32-21-26-8-12-28(30-4)13-9-26/h7-15,19H,1,6,16-18,20-22H2,2-5H3/b24-19+,25-7-. The van der Waals surface area contributed by atoms with Gasteiger partial charge in [0, 0.05) is 0 Å². The number of hydrogen-bond donors (Lipinski definition) is 0. The van der Waals surface area contributed by atoms with Crippen LogP contribution in [0.4, 0.5) is 0 Å². The van der Waals surface area contributed by atoms with Crippen LogP contribution in [0, 0.1) is 0 Å². The highest BCUT2D eigenvalue weighted by molar-refractivity contribution is 5.27. The summed E-state index contributed by atoms with van der Waals surface area (Å²) in [5, 5.41) is 0. The van der Waals surface area contributed by atoms with Crippen molar-refractivity contribution < 1.29 is 18.9 Å². The molecule has 4 nitrogen and oxygen atoms in total. The lowest BCUT2D eigenvalue weighted by atomic mass is 10.0. The molecule has 0 spiro atoms. The summed E-state index contributed by atoms with van der Waals surface area (Å²) in [4.78, 5) is 0. The van der Waals surface area contributed by atoms with Crippen molar-refractivity contribution in [1.82, 2.24) is 0 Å². The Bertz CT molecular complexity index is 892. The first-order valence-corrected chi connectivity index (χ1v) is 11.4. The number of allylic oxidation sites excluding steroid dienone is 3. The normalized spacial score (nSPS) is 12.0. The maximum absolute atomic E-state index is 5.93. The third kappa shape index (κ3) is 11.0. The van der Waals surface area contributed by atoms with Gasteiger partial charge in [0.25, 0.3) is 0 Å². The van der Waals surface area contributed by atoms with E-state index >= 15 is 0 Å². The molecule has 0 aliphatic carbocycles. The molecule has 0 atom stereocenters. The van der Waals surface area contributed by atoms with Crippen molar-refractivity contribution in [2.45, 2.75) is 46.3 Å². The molecule has 0 fully saturated rings. The van der Waals surface area contributed by atoms with E-state index in [1.165, 1.54) is 11.1 Å². The van der Waals surface area contributed by atoms with Crippen LogP contribution in [-0.2, 0) is 22.7 Å². The van der Waals surface area contributed by atoms with Gasteiger partial charge in [0.15, 0.2) is 0 Å². The monoisotopic (exact) mass is 450 g/mol. The molecule has 0 saturated carbocycles. The van der Waals surface area contributed by atoms with Crippen LogP contribution in [0.3, 0.4) is 0 Å². The number of hydrogen-bond acceptors (Lipinski definition) is 4. The first-order chi connectivity index (χ1) is 16.0. The van der Waals surface area contributed by atoms with Gasteiger partial charge in [0.05, 0.1) is 40.6 Å². The molecule has 4 heteroatoms. The molecule has 2 rings (SSSR count). The van der Waals surface area contributed by atoms with Crippen LogP contribution < -0.4 is 9.47 Å². The van der Waals surface area contributed by atoms with Gasteiger partial charge in [-0.1, -0.05) is 59.7 Å². The maximum atomic E-state index is 5.93. The van der Waals surface area contributed by atoms with E-state index < -0.39 is 0 Å². The fourth-order valence-electron chi connectivity index (χ4n) is 3.47. The minimum atomic E-state index is 0.600. The second-order valence-electron chi connectivity index (χ2n) is 8.22. The highest BCUT2D eigenvalue weighted by atomic mass is 16.5. The van der Waals surface area contributed by atoms with Crippen molar-refractivity contribution in [3.05, 3.63) is 95.1 Å². The average Bonchev–Trinajstić information content (AvgIpc) is 2.81. The van der Waals surface area contributed by atoms with Crippen molar-refractivity contribution in [2.75, 3.05) is 27.4 Å². The molecule has 2 aromatic rings. The highest BCUT2D eigenvalue weighted by Gasteiger charge is 2.02. The lowest BCUT2D eigenvalue weighted by Crippen LogP contribution is -2.00. The summed E-state index contributed by atoms with van der Waals surface area (Å²) in [6.45, 7) is 10.7. The Hall–Kier alpha value is -2.82. The van der Waals surface area contributed by atoms with Gasteiger partial charge in [-0.05, 0) is 68.5 Å². The van der Waals surface area contributed by atoms with Crippen LogP contribution in [0.15, 0.2) is 84.0 Å². The lowest BCUT2D eigenvalue weighted by molar-refractivity contribution is 0.121. The Morgan fingerprint density at radius 2 is 1.30 bits per heavy atom. The molecule has 0 aromatic heterocycles. The summed E-state index contributed by atoms with van der Waals surface area (Å²) in [5.74, 6) is 1.72. The molecule has 0 unspecified atom stereocenters. The smallest absolute Gasteiger partial charge is 0.118 e. The minimum Gasteiger partial charge on any atom is -0.497 e. The average molecular weight is 451 g/mol. The Morgan fingerprint density at radius 3 is 1.79 bits per heavy atom. The van der Waals surface area contributed by atoms with Gasteiger partial charge in [-0.2, -0.15) is 0 Å². The van der Waals surface area contributed by atoms with Gasteiger partial charge in [-0.25, -0.2) is 0 Å². The quantitative estimate of drug-likeness (QED) is 0.165. The van der Waals surface area contributed by atoms with Crippen molar-refractivity contribution in [1.29, 1.82) is 0 Å². The van der Waals surface area contributed by atoms with Crippen LogP contribution in [0.2, 0.25) is 0 Å². The first-order valence-electron chi connectivity index (χ1n) is 11.4. The van der Waals surface area contributed by atoms with Gasteiger partial charge in [-0.15, -0.1) is 0 Å². The van der Waals surface area contributed by atoms with Gasteiger partial charge in [0.1, 0.15) is 11.5 Å². The van der Waals surface area contributed by atoms with Gasteiger partial charge < -0.3 is 18.9 Å². The topological polar surface area (TPSA) is 36.9 Å². The second-order valence-corrected chi connectivity index (χ2v) is 8.22. The van der Waals surface area contributed by atoms with Gasteiger partial charge in [-0.3, -0.25) is 0 Å². The van der Waals surface area contributed by atoms with Crippen molar-refractivity contribution >= 4 is 0 Å². The van der Waals surface area contributed by atoms with Crippen LogP contribution >= 0.6 is 0 Å². The van der Waals surface area contributed by atoms with Gasteiger partial charge >= 0.3 is 0 Å². The summed E-state index contributed by atoms with van der Waals surface area (Å²) in [6.07, 6.45) is 7.14. The summed E-state index contributed by atoms with van der Waals surface area (Å²) in [7, 11) is 3.35. The summed E-state index contributed by atoms with van der Waals surface area (Å²) in [5.41, 5.74) is 6.04. The Kier molecular flexibility index (Phi) is 12.1. The van der Waals surface area contributed by atoms with E-state index in [1.54, 1.807) is 14.2 Å². The number of benzene rings is 2. The zero-order valence-corrected chi connectivity index (χ0v) is 20.6. The van der Waals surface area contributed by atoms with Crippen molar-refractivity contribution in [3.63, 3.8) is 0 Å². The molecule has 0 N–H and O–H groups in total. The Labute approximate surface area is 199 Å². The molecule has 0 saturated heterocycles. The molecular formula is C29H38O4. The van der Waals surface area contributed by atoms with Gasteiger partial charge in [0.2, 0.25) is 0 Å². The zero-order chi connectivity index (χ0) is 23.9. The number of methoxy groups -OCH3 is 2. The highest BCUT2D eigenvalue weighted by Crippen LogP contribution is 2.18. The molecule has 0 bridgehead atoms. The fraction of sp³-hybridized carbons (Fsp3) is 0.379. The molecule has 0 aliphatic heterocycles. The third-order valence-corrected chi connectivity index (χ3v) is 5.12. The van der Waals surface area contributed by atoms with Crippen LogP contribution in [0.1, 0.15) is 44.2 Å². The first kappa shape index (κ1) is 26.4. The van der Waals surface area contributed by atoms with E-state index in [4.69, 9.17) is 18.9 Å². The molecule has 0 aliphatic rings. The predicted molar refractivity (Wildman–Crippen MR) is 136 cm³/mol. The fourth-order valence-corrected chi connectivity index (χ4v) is 3.47. The van der Waals surface area contributed by atoms with E-state index in [2.05, 4.69) is 25.7 Å². The number of ether oxygens (including phenoxy) is 4. The van der Waals surface area contributed by atoms with E-state index in [0.29, 0.717) is 26.4 Å². The van der Waals surface area contributed by atoms with Crippen LogP contribution in [0.25, 0.3) is 0 Å². The summed E-state index contributed by atoms with van der Waals surface area (Å²) >= 11 is 0. The van der Waals surface area contributed by atoms with Crippen LogP contribution in [0.5, 0.6) is 11.5 Å². The largest absolute Gasteiger partial charge is 0.497 e. The molecular weight excluding hydrogens is 412 g/mol. The molecule has 0 radical (unpaired) electrons. The second kappa shape index (κ2) is 15.1. The number of rotatable bonds is 15. The van der Waals surface area contributed by atoms with E-state index in [1.807, 2.05) is 55.5 Å². The van der Waals surface area contributed by atoms with E-state index in [0.717, 1.165) is 47.5 Å². The van der Waals surface area contributed by atoms with Crippen LogP contribution in [-0.4, -0.2) is 27.4 Å². The summed E-state index contributed by atoms with van der Waals surface area (Å²) in [6, 6.07) is 16.0. The third-order valence-electron chi connectivity index (χ3n) is 5.12.